The van der Waals surface area contributed by atoms with Gasteiger partial charge in [-0.15, -0.1) is 12.7 Å². The minimum atomic E-state index is -5.86. The Kier molecular flexibility index (Phi) is 3.53. The smallest absolute Gasteiger partial charge is 0.430 e. The van der Waals surface area contributed by atoms with E-state index in [-0.39, 0.29) is 5.69 Å². The van der Waals surface area contributed by atoms with Crippen molar-refractivity contribution in [1.29, 1.82) is 0 Å². The van der Waals surface area contributed by atoms with Crippen LogP contribution in [0.15, 0.2) is 24.3 Å². The molecule has 8 heteroatoms. The van der Waals surface area contributed by atoms with Crippen molar-refractivity contribution in [3.63, 3.8) is 0 Å². The van der Waals surface area contributed by atoms with Crippen molar-refractivity contribution in [2.24, 2.45) is 0 Å². The standard InChI is InChI=1S/C10H8F6NO/c1-17-7-4-2-6(3-5-7)8(18,9(11,12)13)10(14,15)16/h2-5,18H,1H3/q-1. The van der Waals surface area contributed by atoms with Gasteiger partial charge in [0, 0.05) is 5.56 Å². The molecule has 0 spiro atoms. The Morgan fingerprint density at radius 2 is 1.28 bits per heavy atom. The van der Waals surface area contributed by atoms with Crippen LogP contribution >= 0.6 is 0 Å². The molecule has 0 aromatic heterocycles. The molecular weight excluding hydrogens is 264 g/mol. The largest absolute Gasteiger partial charge is 0.687 e. The van der Waals surface area contributed by atoms with Gasteiger partial charge >= 0.3 is 12.4 Å². The van der Waals surface area contributed by atoms with Crippen LogP contribution in [0.4, 0.5) is 32.0 Å². The van der Waals surface area contributed by atoms with Gasteiger partial charge in [-0.2, -0.15) is 26.3 Å². The Morgan fingerprint density at radius 3 is 1.56 bits per heavy atom. The molecule has 0 amide bonds. The Balaban J connectivity index is 3.36. The maximum absolute atomic E-state index is 12.5. The molecular formula is C10H8F6NO-. The molecule has 0 aliphatic carbocycles. The summed E-state index contributed by atoms with van der Waals surface area (Å²) < 4.78 is 74.8. The fourth-order valence-electron chi connectivity index (χ4n) is 1.34. The van der Waals surface area contributed by atoms with E-state index in [4.69, 9.17) is 5.11 Å². The SMILES string of the molecule is C[N-]c1ccc(C(O)(C(F)(F)F)C(F)(F)F)cc1. The number of aliphatic hydroxyl groups is 1. The van der Waals surface area contributed by atoms with Gasteiger partial charge in [0.05, 0.1) is 0 Å². The highest BCUT2D eigenvalue weighted by atomic mass is 19.4. The molecule has 1 aromatic rings. The Morgan fingerprint density at radius 1 is 0.889 bits per heavy atom. The summed E-state index contributed by atoms with van der Waals surface area (Å²) in [6.45, 7) is 0. The maximum Gasteiger partial charge on any atom is 0.430 e. The van der Waals surface area contributed by atoms with Crippen LogP contribution in [0, 0.1) is 0 Å². The Labute approximate surface area is 98.2 Å². The second-order valence-electron chi connectivity index (χ2n) is 3.48. The molecule has 0 unspecified atom stereocenters. The summed E-state index contributed by atoms with van der Waals surface area (Å²) in [6, 6.07) is 3.00. The predicted molar refractivity (Wildman–Crippen MR) is 51.4 cm³/mol. The summed E-state index contributed by atoms with van der Waals surface area (Å²) >= 11 is 0. The summed E-state index contributed by atoms with van der Waals surface area (Å²) in [5.41, 5.74) is -5.98. The highest BCUT2D eigenvalue weighted by molar-refractivity contribution is 5.49. The fraction of sp³-hybridized carbons (Fsp3) is 0.400. The highest BCUT2D eigenvalue weighted by Crippen LogP contribution is 2.50. The molecule has 2 nitrogen and oxygen atoms in total. The van der Waals surface area contributed by atoms with Crippen LogP contribution in [0.1, 0.15) is 5.56 Å². The zero-order valence-corrected chi connectivity index (χ0v) is 8.97. The summed E-state index contributed by atoms with van der Waals surface area (Å²) in [6.07, 6.45) is -11.7. The van der Waals surface area contributed by atoms with Crippen LogP contribution in [0.25, 0.3) is 5.32 Å². The van der Waals surface area contributed by atoms with Gasteiger partial charge in [-0.05, 0) is 0 Å². The molecule has 0 atom stereocenters. The fourth-order valence-corrected chi connectivity index (χ4v) is 1.34. The van der Waals surface area contributed by atoms with Crippen LogP contribution in [0.5, 0.6) is 0 Å². The van der Waals surface area contributed by atoms with E-state index in [9.17, 15) is 26.3 Å². The van der Waals surface area contributed by atoms with Crippen molar-refractivity contribution < 1.29 is 31.4 Å². The van der Waals surface area contributed by atoms with Gasteiger partial charge < -0.3 is 10.4 Å². The van der Waals surface area contributed by atoms with Crippen LogP contribution in [0.2, 0.25) is 0 Å². The van der Waals surface area contributed by atoms with Gasteiger partial charge in [0.2, 0.25) is 0 Å². The van der Waals surface area contributed by atoms with E-state index in [0.29, 0.717) is 12.1 Å². The average Bonchev–Trinajstić information content (AvgIpc) is 2.25. The lowest BCUT2D eigenvalue weighted by molar-refractivity contribution is -0.376. The number of hydrogen-bond acceptors (Lipinski definition) is 1. The van der Waals surface area contributed by atoms with Crippen molar-refractivity contribution in [3.8, 4) is 0 Å². The zero-order valence-electron chi connectivity index (χ0n) is 8.97. The molecule has 0 bridgehead atoms. The Hall–Kier alpha value is -1.44. The van der Waals surface area contributed by atoms with Crippen LogP contribution < -0.4 is 0 Å². The molecule has 102 valence electrons. The molecule has 0 saturated carbocycles. The predicted octanol–water partition coefficient (Wildman–Crippen LogP) is 3.63. The summed E-state index contributed by atoms with van der Waals surface area (Å²) in [5.74, 6) is 0. The van der Waals surface area contributed by atoms with Gasteiger partial charge in [0.1, 0.15) is 0 Å². The molecule has 18 heavy (non-hydrogen) atoms. The van der Waals surface area contributed by atoms with Gasteiger partial charge in [0.15, 0.2) is 0 Å². The van der Waals surface area contributed by atoms with Crippen LogP contribution in [-0.4, -0.2) is 24.5 Å². The van der Waals surface area contributed by atoms with E-state index in [1.165, 1.54) is 7.05 Å². The number of rotatable bonds is 2. The second kappa shape index (κ2) is 4.34. The number of hydrogen-bond donors (Lipinski definition) is 1. The quantitative estimate of drug-likeness (QED) is 0.819. The van der Waals surface area contributed by atoms with Crippen LogP contribution in [0.3, 0.4) is 0 Å². The van der Waals surface area contributed by atoms with E-state index in [2.05, 4.69) is 5.32 Å². The number of alkyl halides is 6. The van der Waals surface area contributed by atoms with Crippen molar-refractivity contribution >= 4 is 5.69 Å². The van der Waals surface area contributed by atoms with Gasteiger partial charge in [-0.3, -0.25) is 0 Å². The highest BCUT2D eigenvalue weighted by Gasteiger charge is 2.71. The molecule has 1 aromatic carbocycles. The first-order valence-electron chi connectivity index (χ1n) is 4.60. The van der Waals surface area contributed by atoms with E-state index < -0.39 is 23.5 Å². The first-order valence-corrected chi connectivity index (χ1v) is 4.60. The minimum absolute atomic E-state index is 0.199. The molecule has 1 N–H and O–H groups in total. The normalized spacial score (nSPS) is 13.6. The lowest BCUT2D eigenvalue weighted by atomic mass is 9.92. The van der Waals surface area contributed by atoms with E-state index in [0.717, 1.165) is 12.1 Å². The first kappa shape index (κ1) is 14.6. The number of nitrogens with zero attached hydrogens (tertiary/aromatic N) is 1. The lowest BCUT2D eigenvalue weighted by Gasteiger charge is -2.33. The van der Waals surface area contributed by atoms with Crippen LogP contribution in [-0.2, 0) is 5.60 Å². The van der Waals surface area contributed by atoms with Crippen molar-refractivity contribution in [2.75, 3.05) is 7.05 Å². The Bertz CT molecular complexity index is 394. The third kappa shape index (κ3) is 2.24. The lowest BCUT2D eigenvalue weighted by Crippen LogP contribution is -2.53. The van der Waals surface area contributed by atoms with E-state index in [1.54, 1.807) is 0 Å². The third-order valence-electron chi connectivity index (χ3n) is 2.36. The zero-order chi connectivity index (χ0) is 14.2. The molecule has 0 aliphatic heterocycles. The maximum atomic E-state index is 12.5. The van der Waals surface area contributed by atoms with Crippen molar-refractivity contribution in [2.45, 2.75) is 18.0 Å². The summed E-state index contributed by atoms with van der Waals surface area (Å²) in [4.78, 5) is 0. The first-order chi connectivity index (χ1) is 8.04. The third-order valence-corrected chi connectivity index (χ3v) is 2.36. The average molecular weight is 272 g/mol. The molecule has 0 radical (unpaired) electrons. The van der Waals surface area contributed by atoms with Gasteiger partial charge in [-0.25, -0.2) is 0 Å². The summed E-state index contributed by atoms with van der Waals surface area (Å²) in [5, 5.41) is 12.6. The molecule has 0 saturated heterocycles. The second-order valence-corrected chi connectivity index (χ2v) is 3.48. The topological polar surface area (TPSA) is 34.3 Å². The minimum Gasteiger partial charge on any atom is -0.687 e. The van der Waals surface area contributed by atoms with E-state index >= 15 is 0 Å². The number of halogens is 6. The van der Waals surface area contributed by atoms with E-state index in [1.807, 2.05) is 0 Å². The van der Waals surface area contributed by atoms with Crippen molar-refractivity contribution in [1.82, 2.24) is 0 Å². The molecule has 1 rings (SSSR count). The molecule has 0 fully saturated rings. The molecule has 0 heterocycles. The van der Waals surface area contributed by atoms with Gasteiger partial charge in [-0.1, -0.05) is 24.3 Å². The monoisotopic (exact) mass is 272 g/mol. The summed E-state index contributed by atoms with van der Waals surface area (Å²) in [7, 11) is 1.33. The van der Waals surface area contributed by atoms with Crippen molar-refractivity contribution in [3.05, 3.63) is 35.1 Å². The number of benzene rings is 1. The molecule has 0 aliphatic rings. The van der Waals surface area contributed by atoms with Gasteiger partial charge in [0.25, 0.3) is 5.60 Å².